The van der Waals surface area contributed by atoms with Gasteiger partial charge in [0.15, 0.2) is 0 Å². The summed E-state index contributed by atoms with van der Waals surface area (Å²) in [6.07, 6.45) is 0.915. The van der Waals surface area contributed by atoms with Crippen molar-refractivity contribution in [1.29, 1.82) is 0 Å². The molecular formula is C66H46N4O. The maximum absolute atomic E-state index is 7.08. The number of aliphatic imine (C=N–C) groups is 1. The van der Waals surface area contributed by atoms with Gasteiger partial charge in [-0.2, -0.15) is 0 Å². The maximum Gasteiger partial charge on any atom is 0.138 e. The van der Waals surface area contributed by atoms with Crippen molar-refractivity contribution in [2.45, 2.75) is 25.4 Å². The standard InChI is InChI=1S/C66H46N4O/c1-2-48-64(45-31-32-52-50-26-12-14-29-56(50)69(58(52)36-45)47-23-4-3-5-24-47)67-66(68-65(48)53-28-16-22-40-17-10-11-25-49(40)53)46-37-60(63-55-34-42-19-7-9-21-44(42)38-61(55)71-62(63)39-46)70-57-30-15-13-27-51(57)54-33-41-18-6-8-20-43(41)35-59(54)70/h3-39,48,64-65H,2H2,1H3,(H,67,68)/t48-,64?,65?/m1/s1. The van der Waals surface area contributed by atoms with E-state index in [1.54, 1.807) is 0 Å². The molecule has 3 aromatic heterocycles. The third-order valence-corrected chi connectivity index (χ3v) is 15.6. The minimum Gasteiger partial charge on any atom is -0.456 e. The normalized spacial score (nSPS) is 16.4. The highest BCUT2D eigenvalue weighted by molar-refractivity contribution is 6.19. The van der Waals surface area contributed by atoms with Crippen molar-refractivity contribution in [3.63, 3.8) is 0 Å². The summed E-state index contributed by atoms with van der Waals surface area (Å²) in [5.74, 6) is 0.977. The van der Waals surface area contributed by atoms with Crippen molar-refractivity contribution in [2.24, 2.45) is 10.9 Å². The second-order valence-electron chi connectivity index (χ2n) is 19.4. The fourth-order valence-corrected chi connectivity index (χ4v) is 12.3. The van der Waals surface area contributed by atoms with E-state index in [4.69, 9.17) is 9.41 Å². The number of hydrogen-bond acceptors (Lipinski definition) is 3. The Labute approximate surface area is 409 Å². The molecule has 4 heterocycles. The summed E-state index contributed by atoms with van der Waals surface area (Å²) in [5, 5.41) is 18.5. The third kappa shape index (κ3) is 6.09. The van der Waals surface area contributed by atoms with Crippen LogP contribution in [0.2, 0.25) is 0 Å². The van der Waals surface area contributed by atoms with Gasteiger partial charge < -0.3 is 18.9 Å². The Balaban J connectivity index is 1.02. The number of benzene rings is 11. The summed E-state index contributed by atoms with van der Waals surface area (Å²) in [7, 11) is 0. The van der Waals surface area contributed by atoms with Gasteiger partial charge in [0.1, 0.15) is 17.0 Å². The van der Waals surface area contributed by atoms with Crippen LogP contribution >= 0.6 is 0 Å². The molecule has 0 spiro atoms. The van der Waals surface area contributed by atoms with E-state index in [0.717, 1.165) is 67.6 Å². The minimum atomic E-state index is -0.174. The molecule has 11 aromatic carbocycles. The molecule has 0 aliphatic carbocycles. The van der Waals surface area contributed by atoms with E-state index in [-0.39, 0.29) is 18.0 Å². The van der Waals surface area contributed by atoms with Crippen LogP contribution in [-0.4, -0.2) is 15.0 Å². The predicted molar refractivity (Wildman–Crippen MR) is 297 cm³/mol. The van der Waals surface area contributed by atoms with Crippen molar-refractivity contribution in [3.8, 4) is 11.4 Å². The van der Waals surface area contributed by atoms with E-state index in [1.165, 1.54) is 70.6 Å². The van der Waals surface area contributed by atoms with Crippen LogP contribution in [0.15, 0.2) is 234 Å². The monoisotopic (exact) mass is 910 g/mol. The van der Waals surface area contributed by atoms with Crippen molar-refractivity contribution < 1.29 is 4.42 Å². The lowest BCUT2D eigenvalue weighted by Crippen LogP contribution is -2.41. The van der Waals surface area contributed by atoms with Crippen molar-refractivity contribution in [2.75, 3.05) is 0 Å². The van der Waals surface area contributed by atoms with Gasteiger partial charge in [-0.05, 0) is 117 Å². The lowest BCUT2D eigenvalue weighted by molar-refractivity contribution is 0.312. The molecule has 0 bridgehead atoms. The molecule has 14 aromatic rings. The molecule has 336 valence electrons. The van der Waals surface area contributed by atoms with Crippen LogP contribution in [-0.2, 0) is 0 Å². The summed E-state index contributed by atoms with van der Waals surface area (Å²) in [6.45, 7) is 2.33. The van der Waals surface area contributed by atoms with Crippen molar-refractivity contribution >= 4 is 104 Å². The average Bonchev–Trinajstić information content (AvgIpc) is 4.07. The van der Waals surface area contributed by atoms with Crippen LogP contribution in [0.1, 0.15) is 42.1 Å². The van der Waals surface area contributed by atoms with Gasteiger partial charge in [-0.25, -0.2) is 0 Å². The molecule has 2 unspecified atom stereocenters. The number of nitrogens with one attached hydrogen (secondary N) is 1. The lowest BCUT2D eigenvalue weighted by atomic mass is 9.79. The number of rotatable bonds is 6. The predicted octanol–water partition coefficient (Wildman–Crippen LogP) is 17.1. The first-order valence-corrected chi connectivity index (χ1v) is 24.9. The number of aromatic nitrogens is 2. The number of nitrogens with zero attached hydrogens (tertiary/aromatic N) is 3. The topological polar surface area (TPSA) is 47.4 Å². The zero-order chi connectivity index (χ0) is 46.7. The molecule has 0 amide bonds. The van der Waals surface area contributed by atoms with Crippen LogP contribution < -0.4 is 5.32 Å². The SMILES string of the molecule is CC[C@@H]1C(c2ccc3c4ccccc4n(-c4ccccc4)c3c2)N=C(c2cc(-n3c4ccccc4c4cc5ccccc5cc43)c3c(c2)oc2cc4ccccc4cc23)NC1c1cccc2ccccc12. The van der Waals surface area contributed by atoms with Crippen LogP contribution in [0.4, 0.5) is 0 Å². The summed E-state index contributed by atoms with van der Waals surface area (Å²) in [5.41, 5.74) is 12.0. The number of hydrogen-bond donors (Lipinski definition) is 1. The van der Waals surface area contributed by atoms with E-state index in [0.29, 0.717) is 0 Å². The Bertz CT molecular complexity index is 4510. The smallest absolute Gasteiger partial charge is 0.138 e. The first-order chi connectivity index (χ1) is 35.1. The highest BCUT2D eigenvalue weighted by atomic mass is 16.3. The van der Waals surface area contributed by atoms with Crippen molar-refractivity contribution in [3.05, 3.63) is 241 Å². The van der Waals surface area contributed by atoms with Gasteiger partial charge in [-0.3, -0.25) is 4.99 Å². The molecule has 5 nitrogen and oxygen atoms in total. The largest absolute Gasteiger partial charge is 0.456 e. The summed E-state index contributed by atoms with van der Waals surface area (Å²) in [4.78, 5) is 5.93. The van der Waals surface area contributed by atoms with Crippen LogP contribution in [0.5, 0.6) is 0 Å². The van der Waals surface area contributed by atoms with E-state index >= 15 is 0 Å². The first kappa shape index (κ1) is 40.0. The van der Waals surface area contributed by atoms with Gasteiger partial charge in [-0.15, -0.1) is 0 Å². The van der Waals surface area contributed by atoms with Gasteiger partial charge >= 0.3 is 0 Å². The van der Waals surface area contributed by atoms with Crippen LogP contribution in [0, 0.1) is 5.92 Å². The molecule has 1 aliphatic heterocycles. The first-order valence-electron chi connectivity index (χ1n) is 24.9. The van der Waals surface area contributed by atoms with Gasteiger partial charge in [0, 0.05) is 44.1 Å². The molecule has 0 radical (unpaired) electrons. The van der Waals surface area contributed by atoms with Gasteiger partial charge in [-0.1, -0.05) is 165 Å². The van der Waals surface area contributed by atoms with Crippen molar-refractivity contribution in [1.82, 2.24) is 14.5 Å². The number of fused-ring (bicyclic) bond motifs is 12. The summed E-state index contributed by atoms with van der Waals surface area (Å²) in [6, 6.07) is 81.9. The molecule has 15 rings (SSSR count). The summed E-state index contributed by atoms with van der Waals surface area (Å²) < 4.78 is 12.0. The molecule has 0 fully saturated rings. The van der Waals surface area contributed by atoms with Gasteiger partial charge in [0.25, 0.3) is 0 Å². The van der Waals surface area contributed by atoms with E-state index < -0.39 is 0 Å². The maximum atomic E-state index is 7.08. The lowest BCUT2D eigenvalue weighted by Gasteiger charge is -2.38. The van der Waals surface area contributed by atoms with E-state index in [2.05, 4.69) is 246 Å². The van der Waals surface area contributed by atoms with Gasteiger partial charge in [0.2, 0.25) is 0 Å². The Morgan fingerprint density at radius 3 is 1.80 bits per heavy atom. The van der Waals surface area contributed by atoms with Gasteiger partial charge in [0.05, 0.1) is 45.2 Å². The molecule has 1 N–H and O–H groups in total. The Morgan fingerprint density at radius 1 is 0.451 bits per heavy atom. The Hall–Kier alpha value is -8.93. The fraction of sp³-hybridized carbons (Fsp3) is 0.0758. The second-order valence-corrected chi connectivity index (χ2v) is 19.4. The molecule has 71 heavy (non-hydrogen) atoms. The minimum absolute atomic E-state index is 0.0565. The average molecular weight is 911 g/mol. The van der Waals surface area contributed by atoms with Crippen LogP contribution in [0.25, 0.3) is 109 Å². The number of furan rings is 1. The molecule has 0 saturated heterocycles. The van der Waals surface area contributed by atoms with E-state index in [1.807, 2.05) is 0 Å². The zero-order valence-electron chi connectivity index (χ0n) is 39.1. The molecule has 3 atom stereocenters. The molecule has 1 aliphatic rings. The fourth-order valence-electron chi connectivity index (χ4n) is 12.3. The Morgan fingerprint density at radius 2 is 1.04 bits per heavy atom. The highest BCUT2D eigenvalue weighted by Crippen LogP contribution is 2.47. The third-order valence-electron chi connectivity index (χ3n) is 15.6. The Kier molecular flexibility index (Phi) is 8.76. The summed E-state index contributed by atoms with van der Waals surface area (Å²) >= 11 is 0. The molecule has 5 heteroatoms. The van der Waals surface area contributed by atoms with Crippen LogP contribution in [0.3, 0.4) is 0 Å². The van der Waals surface area contributed by atoms with E-state index in [9.17, 15) is 0 Å². The molecule has 0 saturated carbocycles. The quantitative estimate of drug-likeness (QED) is 0.181. The number of para-hydroxylation sites is 3. The number of amidine groups is 1. The molecular weight excluding hydrogens is 865 g/mol. The highest BCUT2D eigenvalue weighted by Gasteiger charge is 2.37. The zero-order valence-corrected chi connectivity index (χ0v) is 39.1. The second kappa shape index (κ2) is 15.5.